The summed E-state index contributed by atoms with van der Waals surface area (Å²) in [5, 5.41) is 0.704. The number of thiazole rings is 1. The first-order chi connectivity index (χ1) is 15.7. The Kier molecular flexibility index (Phi) is 9.64. The number of thioether (sulfide) groups is 1. The molecule has 1 aliphatic heterocycles. The Hall–Kier alpha value is -2.04. The highest BCUT2D eigenvalue weighted by atomic mass is 35.5. The fourth-order valence-corrected chi connectivity index (χ4v) is 4.99. The van der Waals surface area contributed by atoms with Crippen LogP contribution in [0.2, 0.25) is 0 Å². The first kappa shape index (κ1) is 25.6. The van der Waals surface area contributed by atoms with Gasteiger partial charge in [0, 0.05) is 31.1 Å². The Labute approximate surface area is 208 Å². The van der Waals surface area contributed by atoms with Crippen molar-refractivity contribution in [3.8, 4) is 11.5 Å². The minimum atomic E-state index is -0.113. The van der Waals surface area contributed by atoms with E-state index < -0.39 is 0 Å². The van der Waals surface area contributed by atoms with Crippen LogP contribution in [-0.2, 0) is 9.53 Å². The molecule has 0 N–H and O–H groups in total. The Bertz CT molecular complexity index is 1040. The third kappa shape index (κ3) is 6.74. The summed E-state index contributed by atoms with van der Waals surface area (Å²) in [6, 6.07) is 13.4. The average molecular weight is 510 g/mol. The predicted molar refractivity (Wildman–Crippen MR) is 137 cm³/mol. The molecule has 1 saturated heterocycles. The summed E-state index contributed by atoms with van der Waals surface area (Å²) >= 11 is 3.24. The molecule has 178 valence electrons. The van der Waals surface area contributed by atoms with Crippen molar-refractivity contribution in [2.45, 2.75) is 4.90 Å². The summed E-state index contributed by atoms with van der Waals surface area (Å²) in [7, 11) is 1.62. The fraction of sp³-hybridized carbons (Fsp3) is 0.391. The molecule has 3 aromatic rings. The third-order valence-electron chi connectivity index (χ3n) is 5.28. The number of nitrogens with zero attached hydrogens (tertiary/aromatic N) is 3. The summed E-state index contributed by atoms with van der Waals surface area (Å²) in [5.74, 6) is 1.26. The van der Waals surface area contributed by atoms with Crippen molar-refractivity contribution in [2.24, 2.45) is 0 Å². The summed E-state index contributed by atoms with van der Waals surface area (Å²) in [4.78, 5) is 23.2. The molecule has 7 nitrogen and oxygen atoms in total. The summed E-state index contributed by atoms with van der Waals surface area (Å²) < 4.78 is 17.5. The van der Waals surface area contributed by atoms with Crippen LogP contribution in [0.5, 0.6) is 11.5 Å². The molecular formula is C23H28ClN3O4S2. The second-order valence-corrected chi connectivity index (χ2v) is 9.18. The molecule has 1 amide bonds. The number of benzene rings is 2. The van der Waals surface area contributed by atoms with E-state index in [1.54, 1.807) is 47.2 Å². The molecule has 0 radical (unpaired) electrons. The minimum absolute atomic E-state index is 0. The first-order valence-electron chi connectivity index (χ1n) is 10.5. The van der Waals surface area contributed by atoms with Gasteiger partial charge in [-0.3, -0.25) is 14.6 Å². The number of rotatable bonds is 9. The van der Waals surface area contributed by atoms with Crippen LogP contribution in [0.4, 0.5) is 5.13 Å². The number of carbonyl (C=O) groups excluding carboxylic acids is 1. The molecule has 1 aromatic heterocycles. The SMILES string of the molecule is COc1ccc(OCC(=O)N(CCN2CCOCC2)c2nc3ccc(SC)cc3s2)cc1.Cl. The van der Waals surface area contributed by atoms with Crippen molar-refractivity contribution in [2.75, 3.05) is 64.3 Å². The Morgan fingerprint density at radius 1 is 1.18 bits per heavy atom. The molecule has 0 atom stereocenters. The molecule has 0 aliphatic carbocycles. The molecule has 1 fully saturated rings. The van der Waals surface area contributed by atoms with Crippen LogP contribution in [0.3, 0.4) is 0 Å². The largest absolute Gasteiger partial charge is 0.497 e. The number of fused-ring (bicyclic) bond motifs is 1. The monoisotopic (exact) mass is 509 g/mol. The lowest BCUT2D eigenvalue weighted by Gasteiger charge is -2.29. The van der Waals surface area contributed by atoms with E-state index in [1.807, 2.05) is 18.2 Å². The number of methoxy groups -OCH3 is 1. The maximum absolute atomic E-state index is 13.2. The molecule has 2 aromatic carbocycles. The van der Waals surface area contributed by atoms with Gasteiger partial charge in [-0.1, -0.05) is 11.3 Å². The first-order valence-corrected chi connectivity index (χ1v) is 12.5. The standard InChI is InChI=1S/C23H27N3O4S2.ClH/c1-28-17-3-5-18(6-4-17)30-16-22(27)26(10-9-25-11-13-29-14-12-25)23-24-20-8-7-19(31-2)15-21(20)32-23;/h3-8,15H,9-14,16H2,1-2H3;1H. The molecule has 0 spiro atoms. The number of hydrogen-bond acceptors (Lipinski definition) is 8. The lowest BCUT2D eigenvalue weighted by molar-refractivity contribution is -0.120. The van der Waals surface area contributed by atoms with Gasteiger partial charge >= 0.3 is 0 Å². The Morgan fingerprint density at radius 2 is 1.91 bits per heavy atom. The van der Waals surface area contributed by atoms with Crippen LogP contribution in [0.1, 0.15) is 0 Å². The number of amides is 1. The lowest BCUT2D eigenvalue weighted by atomic mass is 10.3. The van der Waals surface area contributed by atoms with E-state index in [9.17, 15) is 4.79 Å². The Balaban J connectivity index is 0.00000306. The summed E-state index contributed by atoms with van der Waals surface area (Å²) in [6.07, 6.45) is 2.05. The predicted octanol–water partition coefficient (Wildman–Crippen LogP) is 4.19. The van der Waals surface area contributed by atoms with Gasteiger partial charge in [-0.25, -0.2) is 4.98 Å². The highest BCUT2D eigenvalue weighted by Crippen LogP contribution is 2.31. The van der Waals surface area contributed by atoms with E-state index in [0.29, 0.717) is 17.4 Å². The van der Waals surface area contributed by atoms with Crippen LogP contribution in [0, 0.1) is 0 Å². The number of morpholine rings is 1. The second-order valence-electron chi connectivity index (χ2n) is 7.29. The third-order valence-corrected chi connectivity index (χ3v) is 7.05. The quantitative estimate of drug-likeness (QED) is 0.401. The van der Waals surface area contributed by atoms with Crippen molar-refractivity contribution < 1.29 is 19.0 Å². The van der Waals surface area contributed by atoms with Gasteiger partial charge in [0.2, 0.25) is 0 Å². The average Bonchev–Trinajstić information content (AvgIpc) is 3.26. The number of halogens is 1. The van der Waals surface area contributed by atoms with Crippen molar-refractivity contribution >= 4 is 56.8 Å². The van der Waals surface area contributed by atoms with Gasteiger partial charge in [0.25, 0.3) is 5.91 Å². The zero-order valence-corrected chi connectivity index (χ0v) is 21.1. The van der Waals surface area contributed by atoms with Crippen LogP contribution < -0.4 is 14.4 Å². The Morgan fingerprint density at radius 3 is 2.61 bits per heavy atom. The number of aromatic nitrogens is 1. The molecule has 1 aliphatic rings. The van der Waals surface area contributed by atoms with Crippen molar-refractivity contribution in [3.63, 3.8) is 0 Å². The smallest absolute Gasteiger partial charge is 0.266 e. The van der Waals surface area contributed by atoms with E-state index in [0.717, 1.165) is 48.8 Å². The van der Waals surface area contributed by atoms with Gasteiger partial charge in [0.05, 0.1) is 30.5 Å². The lowest BCUT2D eigenvalue weighted by Crippen LogP contribution is -2.44. The van der Waals surface area contributed by atoms with Crippen molar-refractivity contribution in [3.05, 3.63) is 42.5 Å². The highest BCUT2D eigenvalue weighted by molar-refractivity contribution is 7.98. The highest BCUT2D eigenvalue weighted by Gasteiger charge is 2.22. The normalized spacial score (nSPS) is 14.0. The van der Waals surface area contributed by atoms with Crippen LogP contribution in [0.15, 0.2) is 47.4 Å². The molecule has 10 heteroatoms. The number of ether oxygens (including phenoxy) is 3. The van der Waals surface area contributed by atoms with Gasteiger partial charge in [0.1, 0.15) is 11.5 Å². The maximum Gasteiger partial charge on any atom is 0.266 e. The van der Waals surface area contributed by atoms with E-state index in [4.69, 9.17) is 19.2 Å². The minimum Gasteiger partial charge on any atom is -0.497 e. The molecule has 2 heterocycles. The maximum atomic E-state index is 13.2. The van der Waals surface area contributed by atoms with Crippen molar-refractivity contribution in [1.82, 2.24) is 9.88 Å². The molecule has 0 saturated carbocycles. The van der Waals surface area contributed by atoms with Gasteiger partial charge in [-0.2, -0.15) is 0 Å². The van der Waals surface area contributed by atoms with E-state index in [1.165, 1.54) is 4.90 Å². The van der Waals surface area contributed by atoms with Crippen LogP contribution in [-0.4, -0.2) is 75.2 Å². The molecule has 0 unspecified atom stereocenters. The van der Waals surface area contributed by atoms with E-state index in [2.05, 4.69) is 23.3 Å². The fourth-order valence-electron chi connectivity index (χ4n) is 3.42. The van der Waals surface area contributed by atoms with Crippen molar-refractivity contribution in [1.29, 1.82) is 0 Å². The van der Waals surface area contributed by atoms with Gasteiger partial charge in [-0.05, 0) is 48.7 Å². The number of hydrogen-bond donors (Lipinski definition) is 0. The summed E-state index contributed by atoms with van der Waals surface area (Å²) in [5.41, 5.74) is 0.906. The second kappa shape index (κ2) is 12.4. The summed E-state index contributed by atoms with van der Waals surface area (Å²) in [6.45, 7) is 4.48. The zero-order valence-electron chi connectivity index (χ0n) is 18.7. The zero-order chi connectivity index (χ0) is 22.3. The molecule has 4 rings (SSSR count). The van der Waals surface area contributed by atoms with Gasteiger partial charge in [-0.15, -0.1) is 24.2 Å². The molecule has 33 heavy (non-hydrogen) atoms. The van der Waals surface area contributed by atoms with Gasteiger partial charge < -0.3 is 14.2 Å². The molecule has 0 bridgehead atoms. The molecular weight excluding hydrogens is 482 g/mol. The van der Waals surface area contributed by atoms with E-state index >= 15 is 0 Å². The van der Waals surface area contributed by atoms with Crippen LogP contribution >= 0.6 is 35.5 Å². The number of anilines is 1. The van der Waals surface area contributed by atoms with E-state index in [-0.39, 0.29) is 24.9 Å². The number of carbonyl (C=O) groups is 1. The van der Waals surface area contributed by atoms with Crippen LogP contribution in [0.25, 0.3) is 10.2 Å². The van der Waals surface area contributed by atoms with Gasteiger partial charge in [0.15, 0.2) is 11.7 Å². The topological polar surface area (TPSA) is 64.1 Å².